The summed E-state index contributed by atoms with van der Waals surface area (Å²) in [5.41, 5.74) is 0. The summed E-state index contributed by atoms with van der Waals surface area (Å²) < 4.78 is 29.5. The summed E-state index contributed by atoms with van der Waals surface area (Å²) in [7, 11) is -4.47. The number of aromatic hydroxyl groups is 2. The van der Waals surface area contributed by atoms with E-state index in [2.05, 4.69) is 0 Å². The molecule has 0 amide bonds. The van der Waals surface area contributed by atoms with Crippen LogP contribution in [0.25, 0.3) is 0 Å². The van der Waals surface area contributed by atoms with Gasteiger partial charge < -0.3 is 10.2 Å². The van der Waals surface area contributed by atoms with Gasteiger partial charge >= 0.3 is 59.1 Å². The molecular formula is C6H8Na2O5S. The molecule has 70 valence electrons. The summed E-state index contributed by atoms with van der Waals surface area (Å²) in [4.78, 5) is -0.706. The van der Waals surface area contributed by atoms with Gasteiger partial charge in [-0.05, 0) is 12.1 Å². The van der Waals surface area contributed by atoms with Gasteiger partial charge in [0.2, 0.25) is 0 Å². The normalized spacial score (nSPS) is 9.79. The van der Waals surface area contributed by atoms with E-state index >= 15 is 0 Å². The van der Waals surface area contributed by atoms with Crippen LogP contribution in [0.1, 0.15) is 0 Å². The molecule has 1 aromatic rings. The van der Waals surface area contributed by atoms with E-state index in [0.29, 0.717) is 0 Å². The van der Waals surface area contributed by atoms with Crippen LogP contribution in [0.2, 0.25) is 0 Å². The topological polar surface area (TPSA) is 94.8 Å². The number of para-hydroxylation sites is 1. The molecule has 0 fully saturated rings. The summed E-state index contributed by atoms with van der Waals surface area (Å²) in [6.45, 7) is 0. The van der Waals surface area contributed by atoms with E-state index in [-0.39, 0.29) is 59.1 Å². The second-order valence-corrected chi connectivity index (χ2v) is 3.49. The minimum atomic E-state index is -4.47. The maximum atomic E-state index is 10.5. The minimum absolute atomic E-state index is 0. The van der Waals surface area contributed by atoms with Gasteiger partial charge in [0, 0.05) is 0 Å². The molecule has 0 atom stereocenters. The van der Waals surface area contributed by atoms with E-state index in [1.807, 2.05) is 0 Å². The Morgan fingerprint density at radius 2 is 1.57 bits per heavy atom. The third-order valence-electron chi connectivity index (χ3n) is 1.26. The Kier molecular flexibility index (Phi) is 7.76. The van der Waals surface area contributed by atoms with Crippen molar-refractivity contribution in [3.8, 4) is 11.5 Å². The van der Waals surface area contributed by atoms with Gasteiger partial charge in [-0.25, -0.2) is 0 Å². The van der Waals surface area contributed by atoms with E-state index < -0.39 is 26.5 Å². The predicted molar refractivity (Wildman–Crippen MR) is 53.9 cm³/mol. The first kappa shape index (κ1) is 17.1. The van der Waals surface area contributed by atoms with Crippen LogP contribution in [-0.4, -0.2) is 82.3 Å². The molecule has 0 saturated heterocycles. The predicted octanol–water partition coefficient (Wildman–Crippen LogP) is -0.952. The zero-order valence-electron chi connectivity index (χ0n) is 5.80. The van der Waals surface area contributed by atoms with Gasteiger partial charge in [-0.2, -0.15) is 8.42 Å². The van der Waals surface area contributed by atoms with E-state index in [4.69, 9.17) is 14.8 Å². The van der Waals surface area contributed by atoms with Crippen LogP contribution in [0.3, 0.4) is 0 Å². The van der Waals surface area contributed by atoms with E-state index in [1.54, 1.807) is 0 Å². The number of hydrogen-bond acceptors (Lipinski definition) is 4. The monoisotopic (exact) mass is 238 g/mol. The number of hydrogen-bond donors (Lipinski definition) is 3. The van der Waals surface area contributed by atoms with Gasteiger partial charge in [-0.15, -0.1) is 0 Å². The van der Waals surface area contributed by atoms with Crippen LogP contribution >= 0.6 is 0 Å². The molecule has 1 rings (SSSR count). The average Bonchev–Trinajstić information content (AvgIpc) is 1.92. The molecule has 0 unspecified atom stereocenters. The first-order valence-electron chi connectivity index (χ1n) is 2.91. The number of phenolic OH excluding ortho intramolecular Hbond substituents is 2. The van der Waals surface area contributed by atoms with Crippen molar-refractivity contribution >= 4 is 69.2 Å². The summed E-state index contributed by atoms with van der Waals surface area (Å²) >= 11 is 0. The van der Waals surface area contributed by atoms with Crippen molar-refractivity contribution in [3.05, 3.63) is 18.2 Å². The van der Waals surface area contributed by atoms with Crippen LogP contribution in [0, 0.1) is 0 Å². The molecule has 0 spiro atoms. The molecule has 0 saturated carbocycles. The van der Waals surface area contributed by atoms with Crippen molar-refractivity contribution in [1.82, 2.24) is 0 Å². The number of phenols is 2. The Hall–Kier alpha value is 0.730. The summed E-state index contributed by atoms with van der Waals surface area (Å²) in [5, 5.41) is 17.8. The standard InChI is InChI=1S/C6H6O5S.2Na.2H/c7-4-2-1-3-5(6(4)8)12(9,10)11;;;;/h1-3,7-8H,(H,9,10,11);;;;. The van der Waals surface area contributed by atoms with Crippen molar-refractivity contribution in [2.45, 2.75) is 4.90 Å². The summed E-state index contributed by atoms with van der Waals surface area (Å²) in [6, 6.07) is 3.27. The average molecular weight is 238 g/mol. The molecular weight excluding hydrogens is 230 g/mol. The Labute approximate surface area is 125 Å². The molecule has 0 heterocycles. The SMILES string of the molecule is O=S(=O)(O)c1cccc(O)c1O.[NaH].[NaH]. The molecule has 0 aliphatic carbocycles. The van der Waals surface area contributed by atoms with Crippen LogP contribution in [0.15, 0.2) is 23.1 Å². The van der Waals surface area contributed by atoms with Crippen LogP contribution in [-0.2, 0) is 10.1 Å². The van der Waals surface area contributed by atoms with Crippen LogP contribution in [0.4, 0.5) is 0 Å². The molecule has 0 aromatic heterocycles. The van der Waals surface area contributed by atoms with Gasteiger partial charge in [0.05, 0.1) is 0 Å². The fourth-order valence-electron chi connectivity index (χ4n) is 0.719. The molecule has 14 heavy (non-hydrogen) atoms. The third kappa shape index (κ3) is 4.08. The third-order valence-corrected chi connectivity index (χ3v) is 2.14. The van der Waals surface area contributed by atoms with Crippen LogP contribution < -0.4 is 0 Å². The quantitative estimate of drug-likeness (QED) is 0.333. The first-order chi connectivity index (χ1) is 5.43. The first-order valence-corrected chi connectivity index (χ1v) is 4.35. The van der Waals surface area contributed by atoms with Crippen molar-refractivity contribution in [1.29, 1.82) is 0 Å². The van der Waals surface area contributed by atoms with E-state index in [1.165, 1.54) is 6.07 Å². The zero-order valence-corrected chi connectivity index (χ0v) is 6.61. The summed E-state index contributed by atoms with van der Waals surface area (Å²) in [6.07, 6.45) is 0. The van der Waals surface area contributed by atoms with Gasteiger partial charge in [0.25, 0.3) is 10.1 Å². The van der Waals surface area contributed by atoms with Crippen molar-refractivity contribution in [2.24, 2.45) is 0 Å². The maximum absolute atomic E-state index is 10.5. The Bertz CT molecular complexity index is 403. The second-order valence-electron chi connectivity index (χ2n) is 2.10. The summed E-state index contributed by atoms with van der Waals surface area (Å²) in [5.74, 6) is -1.44. The van der Waals surface area contributed by atoms with Gasteiger partial charge in [0.1, 0.15) is 4.90 Å². The fraction of sp³-hybridized carbons (Fsp3) is 0. The molecule has 0 bridgehead atoms. The molecule has 1 aromatic carbocycles. The van der Waals surface area contributed by atoms with E-state index in [9.17, 15) is 8.42 Å². The fourth-order valence-corrected chi connectivity index (χ4v) is 1.32. The van der Waals surface area contributed by atoms with Crippen molar-refractivity contribution in [3.63, 3.8) is 0 Å². The molecule has 3 N–H and O–H groups in total. The molecule has 0 aliphatic rings. The molecule has 8 heteroatoms. The number of benzene rings is 1. The second kappa shape index (κ2) is 6.34. The van der Waals surface area contributed by atoms with Crippen LogP contribution in [0.5, 0.6) is 11.5 Å². The van der Waals surface area contributed by atoms with Gasteiger partial charge in [-0.1, -0.05) is 6.07 Å². The number of rotatable bonds is 1. The molecule has 0 radical (unpaired) electrons. The van der Waals surface area contributed by atoms with Gasteiger partial charge in [0.15, 0.2) is 11.5 Å². The molecule has 5 nitrogen and oxygen atoms in total. The zero-order chi connectivity index (χ0) is 9.35. The Morgan fingerprint density at radius 1 is 1.07 bits per heavy atom. The Balaban J connectivity index is 0. The molecule has 0 aliphatic heterocycles. The Morgan fingerprint density at radius 3 is 1.93 bits per heavy atom. The van der Waals surface area contributed by atoms with E-state index in [0.717, 1.165) is 12.1 Å². The van der Waals surface area contributed by atoms with Crippen molar-refractivity contribution < 1.29 is 23.2 Å². The van der Waals surface area contributed by atoms with Crippen molar-refractivity contribution in [2.75, 3.05) is 0 Å². The van der Waals surface area contributed by atoms with Gasteiger partial charge in [-0.3, -0.25) is 4.55 Å².